The Morgan fingerprint density at radius 1 is 1.32 bits per heavy atom. The van der Waals surface area contributed by atoms with E-state index in [0.29, 0.717) is 12.0 Å². The first-order valence-corrected chi connectivity index (χ1v) is 7.47. The monoisotopic (exact) mass is 303 g/mol. The molecule has 0 spiro atoms. The van der Waals surface area contributed by atoms with Gasteiger partial charge in [-0.25, -0.2) is 4.79 Å². The van der Waals surface area contributed by atoms with E-state index in [1.165, 1.54) is 0 Å². The quantitative estimate of drug-likeness (QED) is 0.617. The third-order valence-corrected chi connectivity index (χ3v) is 3.73. The molecule has 118 valence electrons. The molecule has 0 saturated heterocycles. The van der Waals surface area contributed by atoms with Gasteiger partial charge in [-0.1, -0.05) is 30.4 Å². The molecule has 1 aromatic carbocycles. The first-order valence-electron chi connectivity index (χ1n) is 7.47. The lowest BCUT2D eigenvalue weighted by atomic mass is 9.95. The van der Waals surface area contributed by atoms with E-state index in [0.717, 1.165) is 0 Å². The standard InChI is InChI=1S/C17H21NO4/c1-2-22-17(21)15(14-9-8-12(10-14)11-19)18-16(20)13-6-4-3-5-7-13/h3-9,12,14-15,19H,2,10-11H2,1H3,(H,18,20)/t12-,14+,15-/m0/s1. The molecule has 0 saturated carbocycles. The van der Waals surface area contributed by atoms with Crippen molar-refractivity contribution < 1.29 is 19.4 Å². The SMILES string of the molecule is CCOC(=O)[C@@H](NC(=O)c1ccccc1)[C@@H]1C=C[C@H](CO)C1. The lowest BCUT2D eigenvalue weighted by Crippen LogP contribution is -2.46. The average Bonchev–Trinajstić information content (AvgIpc) is 3.02. The molecule has 3 atom stereocenters. The van der Waals surface area contributed by atoms with Gasteiger partial charge in [0.2, 0.25) is 0 Å². The third-order valence-electron chi connectivity index (χ3n) is 3.73. The van der Waals surface area contributed by atoms with Crippen molar-refractivity contribution in [1.82, 2.24) is 5.32 Å². The highest BCUT2D eigenvalue weighted by Gasteiger charge is 2.33. The fourth-order valence-corrected chi connectivity index (χ4v) is 2.58. The minimum atomic E-state index is -0.736. The number of carbonyl (C=O) groups excluding carboxylic acids is 2. The Morgan fingerprint density at radius 2 is 2.05 bits per heavy atom. The van der Waals surface area contributed by atoms with Crippen molar-refractivity contribution >= 4 is 11.9 Å². The Labute approximate surface area is 130 Å². The Morgan fingerprint density at radius 3 is 2.64 bits per heavy atom. The molecule has 2 rings (SSSR count). The summed E-state index contributed by atoms with van der Waals surface area (Å²) >= 11 is 0. The third kappa shape index (κ3) is 3.95. The van der Waals surface area contributed by atoms with E-state index in [2.05, 4.69) is 5.32 Å². The van der Waals surface area contributed by atoms with E-state index in [1.807, 2.05) is 18.2 Å². The molecule has 1 aliphatic carbocycles. The second-order valence-electron chi connectivity index (χ2n) is 5.30. The van der Waals surface area contributed by atoms with Gasteiger partial charge in [0.1, 0.15) is 6.04 Å². The van der Waals surface area contributed by atoms with Crippen LogP contribution < -0.4 is 5.32 Å². The van der Waals surface area contributed by atoms with E-state index in [9.17, 15) is 14.7 Å². The molecule has 0 fully saturated rings. The van der Waals surface area contributed by atoms with Gasteiger partial charge in [0, 0.05) is 24.0 Å². The first kappa shape index (κ1) is 16.2. The van der Waals surface area contributed by atoms with Crippen LogP contribution in [0.25, 0.3) is 0 Å². The fraction of sp³-hybridized carbons (Fsp3) is 0.412. The normalized spacial score (nSPS) is 21.4. The number of amides is 1. The Kier molecular flexibility index (Phi) is 5.72. The van der Waals surface area contributed by atoms with Crippen molar-refractivity contribution in [2.45, 2.75) is 19.4 Å². The van der Waals surface area contributed by atoms with Crippen LogP contribution in [-0.2, 0) is 9.53 Å². The van der Waals surface area contributed by atoms with Gasteiger partial charge in [0.05, 0.1) is 6.61 Å². The van der Waals surface area contributed by atoms with Crippen molar-refractivity contribution in [3.8, 4) is 0 Å². The maximum Gasteiger partial charge on any atom is 0.329 e. The molecule has 22 heavy (non-hydrogen) atoms. The highest BCUT2D eigenvalue weighted by atomic mass is 16.5. The van der Waals surface area contributed by atoms with Crippen LogP contribution in [0.1, 0.15) is 23.7 Å². The molecule has 0 aromatic heterocycles. The molecule has 1 aromatic rings. The smallest absolute Gasteiger partial charge is 0.329 e. The number of ether oxygens (including phenoxy) is 1. The van der Waals surface area contributed by atoms with Crippen LogP contribution in [-0.4, -0.2) is 36.2 Å². The predicted molar refractivity (Wildman–Crippen MR) is 82.2 cm³/mol. The van der Waals surface area contributed by atoms with Crippen LogP contribution >= 0.6 is 0 Å². The minimum absolute atomic E-state index is 0.0237. The average molecular weight is 303 g/mol. The van der Waals surface area contributed by atoms with Gasteiger partial charge >= 0.3 is 5.97 Å². The largest absolute Gasteiger partial charge is 0.464 e. The summed E-state index contributed by atoms with van der Waals surface area (Å²) in [5.74, 6) is -0.890. The molecule has 0 unspecified atom stereocenters. The summed E-state index contributed by atoms with van der Waals surface area (Å²) < 4.78 is 5.07. The number of nitrogens with one attached hydrogen (secondary N) is 1. The molecule has 0 radical (unpaired) electrons. The Hall–Kier alpha value is -2.14. The minimum Gasteiger partial charge on any atom is -0.464 e. The molecule has 1 amide bonds. The van der Waals surface area contributed by atoms with E-state index in [-0.39, 0.29) is 31.0 Å². The topological polar surface area (TPSA) is 75.6 Å². The molecular formula is C17H21NO4. The number of esters is 1. The summed E-state index contributed by atoms with van der Waals surface area (Å²) in [5.41, 5.74) is 0.498. The fourth-order valence-electron chi connectivity index (χ4n) is 2.58. The highest BCUT2D eigenvalue weighted by molar-refractivity contribution is 5.96. The van der Waals surface area contributed by atoms with Gasteiger partial charge in [-0.05, 0) is 25.5 Å². The molecule has 2 N–H and O–H groups in total. The molecular weight excluding hydrogens is 282 g/mol. The maximum absolute atomic E-state index is 12.3. The summed E-state index contributed by atoms with van der Waals surface area (Å²) in [7, 11) is 0. The van der Waals surface area contributed by atoms with Crippen molar-refractivity contribution in [3.05, 3.63) is 48.0 Å². The summed E-state index contributed by atoms with van der Waals surface area (Å²) in [6, 6.07) is 8.01. The van der Waals surface area contributed by atoms with Crippen LogP contribution in [0.2, 0.25) is 0 Å². The second-order valence-corrected chi connectivity index (χ2v) is 5.30. The molecule has 0 aliphatic heterocycles. The van der Waals surface area contributed by atoms with E-state index < -0.39 is 12.0 Å². The van der Waals surface area contributed by atoms with Crippen molar-refractivity contribution in [3.63, 3.8) is 0 Å². The Bertz CT molecular complexity index is 541. The van der Waals surface area contributed by atoms with Gasteiger partial charge in [0.25, 0.3) is 5.91 Å². The lowest BCUT2D eigenvalue weighted by Gasteiger charge is -2.22. The summed E-state index contributed by atoms with van der Waals surface area (Å²) in [6.07, 6.45) is 4.37. The zero-order valence-corrected chi connectivity index (χ0v) is 12.6. The number of aliphatic hydroxyl groups is 1. The van der Waals surface area contributed by atoms with Gasteiger partial charge in [-0.2, -0.15) is 0 Å². The molecule has 0 bridgehead atoms. The van der Waals surface area contributed by atoms with Crippen LogP contribution in [0.15, 0.2) is 42.5 Å². The van der Waals surface area contributed by atoms with Crippen molar-refractivity contribution in [1.29, 1.82) is 0 Å². The predicted octanol–water partition coefficient (Wildman–Crippen LogP) is 1.53. The molecule has 0 heterocycles. The lowest BCUT2D eigenvalue weighted by molar-refractivity contribution is -0.146. The van der Waals surface area contributed by atoms with E-state index in [4.69, 9.17) is 4.74 Å². The van der Waals surface area contributed by atoms with Gasteiger partial charge in [-0.3, -0.25) is 4.79 Å². The van der Waals surface area contributed by atoms with Gasteiger partial charge in [0.15, 0.2) is 0 Å². The van der Waals surface area contributed by atoms with E-state index in [1.54, 1.807) is 31.2 Å². The molecule has 5 heteroatoms. The second kappa shape index (κ2) is 7.75. The zero-order chi connectivity index (χ0) is 15.9. The summed E-state index contributed by atoms with van der Waals surface area (Å²) in [6.45, 7) is 2.03. The number of hydrogen-bond acceptors (Lipinski definition) is 4. The van der Waals surface area contributed by atoms with Crippen LogP contribution in [0.4, 0.5) is 0 Å². The summed E-state index contributed by atoms with van der Waals surface area (Å²) in [4.78, 5) is 24.4. The first-order chi connectivity index (χ1) is 10.7. The number of carbonyl (C=O) groups is 2. The number of hydrogen-bond donors (Lipinski definition) is 2. The van der Waals surface area contributed by atoms with Crippen LogP contribution in [0.3, 0.4) is 0 Å². The van der Waals surface area contributed by atoms with Crippen LogP contribution in [0.5, 0.6) is 0 Å². The van der Waals surface area contributed by atoms with Crippen molar-refractivity contribution in [2.24, 2.45) is 11.8 Å². The summed E-state index contributed by atoms with van der Waals surface area (Å²) in [5, 5.41) is 12.0. The van der Waals surface area contributed by atoms with E-state index >= 15 is 0 Å². The maximum atomic E-state index is 12.3. The zero-order valence-electron chi connectivity index (χ0n) is 12.6. The number of rotatable bonds is 6. The number of aliphatic hydroxyl groups excluding tert-OH is 1. The van der Waals surface area contributed by atoms with Gasteiger partial charge < -0.3 is 15.2 Å². The Balaban J connectivity index is 2.10. The van der Waals surface area contributed by atoms with Crippen LogP contribution in [0, 0.1) is 11.8 Å². The molecule has 1 aliphatic rings. The van der Waals surface area contributed by atoms with Crippen molar-refractivity contribution in [2.75, 3.05) is 13.2 Å². The molecule has 5 nitrogen and oxygen atoms in total. The number of benzene rings is 1. The highest BCUT2D eigenvalue weighted by Crippen LogP contribution is 2.26. The van der Waals surface area contributed by atoms with Gasteiger partial charge in [-0.15, -0.1) is 0 Å².